The van der Waals surface area contributed by atoms with E-state index in [0.29, 0.717) is 17.1 Å². The molecule has 124 valence electrons. The fourth-order valence-electron chi connectivity index (χ4n) is 3.14. The Balaban J connectivity index is 1.95. The Labute approximate surface area is 142 Å². The van der Waals surface area contributed by atoms with Crippen molar-refractivity contribution in [2.75, 3.05) is 14.2 Å². The van der Waals surface area contributed by atoms with E-state index in [1.165, 1.54) is 0 Å². The van der Waals surface area contributed by atoms with Crippen LogP contribution in [0.2, 0.25) is 0 Å². The van der Waals surface area contributed by atoms with Crippen LogP contribution in [0.4, 0.5) is 0 Å². The molecule has 1 heterocycles. The average molecular weight is 323 g/mol. The molecule has 1 atom stereocenters. The van der Waals surface area contributed by atoms with Crippen molar-refractivity contribution in [3.63, 3.8) is 0 Å². The van der Waals surface area contributed by atoms with Crippen LogP contribution in [-0.2, 0) is 4.79 Å². The first-order valence-corrected chi connectivity index (χ1v) is 7.92. The molecule has 1 amide bonds. The van der Waals surface area contributed by atoms with Gasteiger partial charge in [-0.25, -0.2) is 0 Å². The Bertz CT molecular complexity index is 781. The first kappa shape index (κ1) is 16.1. The topological polar surface area (TPSA) is 47.6 Å². The van der Waals surface area contributed by atoms with E-state index in [-0.39, 0.29) is 11.9 Å². The summed E-state index contributed by atoms with van der Waals surface area (Å²) in [7, 11) is 3.19. The third kappa shape index (κ3) is 3.00. The van der Waals surface area contributed by atoms with Gasteiger partial charge in [0.05, 0.1) is 20.3 Å². The molecule has 4 nitrogen and oxygen atoms in total. The van der Waals surface area contributed by atoms with Gasteiger partial charge >= 0.3 is 0 Å². The number of carbonyl (C=O) groups is 1. The molecule has 0 aromatic heterocycles. The van der Waals surface area contributed by atoms with Gasteiger partial charge < -0.3 is 14.8 Å². The molecular formula is C20H21NO3. The number of hydrogen-bond acceptors (Lipinski definition) is 3. The lowest BCUT2D eigenvalue weighted by Gasteiger charge is -2.27. The predicted molar refractivity (Wildman–Crippen MR) is 94.1 cm³/mol. The highest BCUT2D eigenvalue weighted by Gasteiger charge is 2.27. The van der Waals surface area contributed by atoms with Gasteiger partial charge in [-0.15, -0.1) is 0 Å². The molecule has 0 saturated heterocycles. The lowest BCUT2D eigenvalue weighted by molar-refractivity contribution is -0.116. The summed E-state index contributed by atoms with van der Waals surface area (Å²) in [4.78, 5) is 12.7. The second-order valence-corrected chi connectivity index (χ2v) is 5.87. The van der Waals surface area contributed by atoms with Gasteiger partial charge in [-0.3, -0.25) is 4.79 Å². The zero-order valence-electron chi connectivity index (χ0n) is 14.1. The summed E-state index contributed by atoms with van der Waals surface area (Å²) < 4.78 is 10.6. The molecular weight excluding hydrogens is 302 g/mol. The second kappa shape index (κ2) is 6.79. The standard InChI is InChI=1S/C20H21NO3/c1-13-11-16(14-7-5-4-6-8-14)21-20(22)19(13)15-9-10-17(23-2)18(12-15)24-3/h4-10,12,16H,11H2,1-3H3,(H,21,22)/t16-/m1/s1. The van der Waals surface area contributed by atoms with Crippen LogP contribution in [-0.4, -0.2) is 20.1 Å². The second-order valence-electron chi connectivity index (χ2n) is 5.87. The first-order chi connectivity index (χ1) is 11.6. The lowest BCUT2D eigenvalue weighted by atomic mass is 9.89. The fraction of sp³-hybridized carbons (Fsp3) is 0.250. The summed E-state index contributed by atoms with van der Waals surface area (Å²) in [5, 5.41) is 3.11. The molecule has 0 aliphatic carbocycles. The summed E-state index contributed by atoms with van der Waals surface area (Å²) in [6, 6.07) is 15.6. The molecule has 4 heteroatoms. The fourth-order valence-corrected chi connectivity index (χ4v) is 3.14. The van der Waals surface area contributed by atoms with Crippen molar-refractivity contribution in [2.45, 2.75) is 19.4 Å². The molecule has 0 fully saturated rings. The Kier molecular flexibility index (Phi) is 4.56. The monoisotopic (exact) mass is 323 g/mol. The molecule has 1 aliphatic heterocycles. The first-order valence-electron chi connectivity index (χ1n) is 7.92. The van der Waals surface area contributed by atoms with Crippen molar-refractivity contribution in [3.05, 3.63) is 65.2 Å². The zero-order chi connectivity index (χ0) is 17.1. The third-order valence-corrected chi connectivity index (χ3v) is 4.34. The normalized spacial score (nSPS) is 17.5. The largest absolute Gasteiger partial charge is 0.493 e. The van der Waals surface area contributed by atoms with Crippen molar-refractivity contribution in [3.8, 4) is 11.5 Å². The average Bonchev–Trinajstić information content (AvgIpc) is 2.61. The molecule has 2 aromatic rings. The molecule has 24 heavy (non-hydrogen) atoms. The van der Waals surface area contributed by atoms with Crippen LogP contribution in [0.3, 0.4) is 0 Å². The highest BCUT2D eigenvalue weighted by Crippen LogP contribution is 2.36. The van der Waals surface area contributed by atoms with Crippen LogP contribution < -0.4 is 14.8 Å². The highest BCUT2D eigenvalue weighted by atomic mass is 16.5. The van der Waals surface area contributed by atoms with Crippen LogP contribution in [0.25, 0.3) is 5.57 Å². The van der Waals surface area contributed by atoms with E-state index in [0.717, 1.165) is 23.1 Å². The molecule has 0 radical (unpaired) electrons. The number of amides is 1. The number of hydrogen-bond donors (Lipinski definition) is 1. The molecule has 3 rings (SSSR count). The van der Waals surface area contributed by atoms with Crippen molar-refractivity contribution >= 4 is 11.5 Å². The molecule has 0 spiro atoms. The van der Waals surface area contributed by atoms with Crippen LogP contribution in [0.15, 0.2) is 54.1 Å². The molecule has 0 saturated carbocycles. The van der Waals surface area contributed by atoms with Crippen molar-refractivity contribution in [2.24, 2.45) is 0 Å². The van der Waals surface area contributed by atoms with Crippen molar-refractivity contribution < 1.29 is 14.3 Å². The van der Waals surface area contributed by atoms with E-state index < -0.39 is 0 Å². The summed E-state index contributed by atoms with van der Waals surface area (Å²) in [5.41, 5.74) is 3.74. The lowest BCUT2D eigenvalue weighted by Crippen LogP contribution is -2.33. The Hall–Kier alpha value is -2.75. The quantitative estimate of drug-likeness (QED) is 0.932. The van der Waals surface area contributed by atoms with Gasteiger partial charge in [-0.05, 0) is 36.6 Å². The van der Waals surface area contributed by atoms with E-state index >= 15 is 0 Å². The van der Waals surface area contributed by atoms with E-state index in [1.54, 1.807) is 14.2 Å². The van der Waals surface area contributed by atoms with E-state index in [9.17, 15) is 4.79 Å². The number of nitrogens with one attached hydrogen (secondary N) is 1. The van der Waals surface area contributed by atoms with Crippen LogP contribution in [0, 0.1) is 0 Å². The van der Waals surface area contributed by atoms with Gasteiger partial charge in [-0.1, -0.05) is 42.0 Å². The summed E-state index contributed by atoms with van der Waals surface area (Å²) in [6.07, 6.45) is 0.791. The third-order valence-electron chi connectivity index (χ3n) is 4.34. The summed E-state index contributed by atoms with van der Waals surface area (Å²) >= 11 is 0. The smallest absolute Gasteiger partial charge is 0.252 e. The number of ether oxygens (including phenoxy) is 2. The maximum absolute atomic E-state index is 12.7. The molecule has 2 aromatic carbocycles. The minimum absolute atomic E-state index is 0.0163. The van der Waals surface area contributed by atoms with E-state index in [1.807, 2.05) is 55.5 Å². The summed E-state index contributed by atoms with van der Waals surface area (Å²) in [5.74, 6) is 1.21. The highest BCUT2D eigenvalue weighted by molar-refractivity contribution is 6.21. The molecule has 0 unspecified atom stereocenters. The van der Waals surface area contributed by atoms with Crippen LogP contribution >= 0.6 is 0 Å². The molecule has 1 N–H and O–H groups in total. The SMILES string of the molecule is COc1ccc(C2=C(C)C[C@H](c3ccccc3)NC2=O)cc1OC. The van der Waals surface area contributed by atoms with Crippen molar-refractivity contribution in [1.29, 1.82) is 0 Å². The zero-order valence-corrected chi connectivity index (χ0v) is 14.1. The maximum atomic E-state index is 12.7. The number of benzene rings is 2. The number of methoxy groups -OCH3 is 2. The molecule has 0 bridgehead atoms. The van der Waals surface area contributed by atoms with Gasteiger partial charge in [0.2, 0.25) is 0 Å². The summed E-state index contributed by atoms with van der Waals surface area (Å²) in [6.45, 7) is 2.01. The van der Waals surface area contributed by atoms with Crippen LogP contribution in [0.1, 0.15) is 30.5 Å². The minimum atomic E-state index is -0.0557. The Morgan fingerprint density at radius 3 is 2.33 bits per heavy atom. The molecule has 1 aliphatic rings. The van der Waals surface area contributed by atoms with Gasteiger partial charge in [0, 0.05) is 5.57 Å². The van der Waals surface area contributed by atoms with Crippen molar-refractivity contribution in [1.82, 2.24) is 5.32 Å². The van der Waals surface area contributed by atoms with Gasteiger partial charge in [0.15, 0.2) is 11.5 Å². The van der Waals surface area contributed by atoms with Gasteiger partial charge in [0.25, 0.3) is 5.91 Å². The van der Waals surface area contributed by atoms with Gasteiger partial charge in [-0.2, -0.15) is 0 Å². The minimum Gasteiger partial charge on any atom is -0.493 e. The Morgan fingerprint density at radius 1 is 1.00 bits per heavy atom. The number of rotatable bonds is 4. The van der Waals surface area contributed by atoms with Crippen LogP contribution in [0.5, 0.6) is 11.5 Å². The van der Waals surface area contributed by atoms with E-state index in [2.05, 4.69) is 5.32 Å². The number of carbonyl (C=O) groups excluding carboxylic acids is 1. The maximum Gasteiger partial charge on any atom is 0.252 e. The predicted octanol–water partition coefficient (Wildman–Crippen LogP) is 3.74. The van der Waals surface area contributed by atoms with E-state index in [4.69, 9.17) is 9.47 Å². The Morgan fingerprint density at radius 2 is 1.71 bits per heavy atom. The van der Waals surface area contributed by atoms with Gasteiger partial charge in [0.1, 0.15) is 0 Å².